The van der Waals surface area contributed by atoms with Gasteiger partial charge in [-0.05, 0) is 29.7 Å². The van der Waals surface area contributed by atoms with Gasteiger partial charge in [0.2, 0.25) is 0 Å². The van der Waals surface area contributed by atoms with E-state index in [1.807, 2.05) is 42.5 Å². The van der Waals surface area contributed by atoms with Gasteiger partial charge in [-0.15, -0.1) is 0 Å². The molecular weight excluding hydrogens is 266 g/mol. The first-order chi connectivity index (χ1) is 10.2. The van der Waals surface area contributed by atoms with E-state index in [1.54, 1.807) is 6.20 Å². The lowest BCUT2D eigenvalue weighted by Gasteiger charge is -2.11. The quantitative estimate of drug-likeness (QED) is 0.790. The number of carbonyl (C=O) groups is 1. The van der Waals surface area contributed by atoms with Gasteiger partial charge in [-0.3, -0.25) is 14.6 Å². The summed E-state index contributed by atoms with van der Waals surface area (Å²) in [7, 11) is 0. The lowest BCUT2D eigenvalue weighted by molar-refractivity contribution is 0.0998. The molecule has 0 radical (unpaired) electrons. The van der Waals surface area contributed by atoms with E-state index in [-0.39, 0.29) is 5.56 Å². The monoisotopic (exact) mass is 279 g/mol. The third-order valence-corrected chi connectivity index (χ3v) is 3.31. The highest BCUT2D eigenvalue weighted by Gasteiger charge is 2.13. The first-order valence-electron chi connectivity index (χ1n) is 6.49. The van der Waals surface area contributed by atoms with E-state index in [9.17, 15) is 9.59 Å². The number of amides is 1. The number of benzene rings is 1. The lowest BCUT2D eigenvalue weighted by atomic mass is 10.1. The number of primary amides is 1. The molecule has 2 N–H and O–H groups in total. The van der Waals surface area contributed by atoms with Crippen molar-refractivity contribution in [2.24, 2.45) is 5.73 Å². The van der Waals surface area contributed by atoms with Crippen molar-refractivity contribution in [2.75, 3.05) is 0 Å². The number of para-hydroxylation sites is 1. The van der Waals surface area contributed by atoms with Crippen molar-refractivity contribution in [3.8, 4) is 0 Å². The second-order valence-corrected chi connectivity index (χ2v) is 4.69. The van der Waals surface area contributed by atoms with Gasteiger partial charge in [-0.25, -0.2) is 0 Å². The van der Waals surface area contributed by atoms with Gasteiger partial charge in [0.1, 0.15) is 5.56 Å². The number of hydrogen-bond donors (Lipinski definition) is 1. The zero-order chi connectivity index (χ0) is 14.8. The van der Waals surface area contributed by atoms with Crippen molar-refractivity contribution in [3.05, 3.63) is 76.3 Å². The fourth-order valence-electron chi connectivity index (χ4n) is 2.31. The zero-order valence-corrected chi connectivity index (χ0v) is 11.2. The Hall–Kier alpha value is -2.95. The maximum atomic E-state index is 12.5. The number of hydrogen-bond acceptors (Lipinski definition) is 3. The molecule has 0 spiro atoms. The number of nitrogens with zero attached hydrogens (tertiary/aromatic N) is 2. The van der Waals surface area contributed by atoms with Crippen molar-refractivity contribution in [3.63, 3.8) is 0 Å². The fourth-order valence-corrected chi connectivity index (χ4v) is 2.31. The summed E-state index contributed by atoms with van der Waals surface area (Å²) in [6, 6.07) is 14.4. The van der Waals surface area contributed by atoms with Crippen LogP contribution in [-0.2, 0) is 6.54 Å². The van der Waals surface area contributed by atoms with Crippen molar-refractivity contribution in [2.45, 2.75) is 6.54 Å². The SMILES string of the molecule is NC(=O)c1cc2ccccc2n(Cc2ccccn2)c1=O. The molecule has 104 valence electrons. The molecule has 3 rings (SSSR count). The Bertz CT molecular complexity index is 870. The van der Waals surface area contributed by atoms with Crippen LogP contribution in [0.4, 0.5) is 0 Å². The standard InChI is InChI=1S/C16H13N3O2/c17-15(20)13-9-11-5-1-2-7-14(11)19(16(13)21)10-12-6-3-4-8-18-12/h1-9H,10H2,(H2,17,20). The molecule has 21 heavy (non-hydrogen) atoms. The van der Waals surface area contributed by atoms with Gasteiger partial charge >= 0.3 is 0 Å². The molecule has 0 saturated heterocycles. The zero-order valence-electron chi connectivity index (χ0n) is 11.2. The van der Waals surface area contributed by atoms with Crippen LogP contribution >= 0.6 is 0 Å². The van der Waals surface area contributed by atoms with Gasteiger partial charge in [0.05, 0.1) is 17.8 Å². The van der Waals surface area contributed by atoms with Crippen LogP contribution in [0.5, 0.6) is 0 Å². The van der Waals surface area contributed by atoms with E-state index in [1.165, 1.54) is 10.6 Å². The highest BCUT2D eigenvalue weighted by molar-refractivity contribution is 5.96. The van der Waals surface area contributed by atoms with Gasteiger partial charge in [0, 0.05) is 6.20 Å². The predicted molar refractivity (Wildman–Crippen MR) is 80.1 cm³/mol. The molecule has 0 atom stereocenters. The molecular formula is C16H13N3O2. The van der Waals surface area contributed by atoms with Gasteiger partial charge in [-0.2, -0.15) is 0 Å². The molecule has 0 aliphatic carbocycles. The Kier molecular flexibility index (Phi) is 3.23. The topological polar surface area (TPSA) is 78.0 Å². The van der Waals surface area contributed by atoms with Crippen molar-refractivity contribution < 1.29 is 4.79 Å². The molecule has 2 aromatic heterocycles. The smallest absolute Gasteiger partial charge is 0.264 e. The van der Waals surface area contributed by atoms with Crippen LogP contribution < -0.4 is 11.3 Å². The second-order valence-electron chi connectivity index (χ2n) is 4.69. The predicted octanol–water partition coefficient (Wildman–Crippen LogP) is 1.54. The average Bonchev–Trinajstić information content (AvgIpc) is 2.50. The molecule has 2 heterocycles. The number of fused-ring (bicyclic) bond motifs is 1. The minimum atomic E-state index is -0.722. The van der Waals surface area contributed by atoms with Crippen LogP contribution in [0.3, 0.4) is 0 Å². The van der Waals surface area contributed by atoms with Crippen molar-refractivity contribution in [1.29, 1.82) is 0 Å². The molecule has 5 heteroatoms. The third-order valence-electron chi connectivity index (χ3n) is 3.31. The van der Waals surface area contributed by atoms with E-state index in [0.717, 1.165) is 16.6 Å². The molecule has 3 aromatic rings. The van der Waals surface area contributed by atoms with Gasteiger partial charge < -0.3 is 10.3 Å². The van der Waals surface area contributed by atoms with E-state index in [4.69, 9.17) is 5.73 Å². The highest BCUT2D eigenvalue weighted by atomic mass is 16.2. The van der Waals surface area contributed by atoms with Crippen LogP contribution in [0.25, 0.3) is 10.9 Å². The third kappa shape index (κ3) is 2.41. The van der Waals surface area contributed by atoms with Crippen LogP contribution in [0.15, 0.2) is 59.5 Å². The van der Waals surface area contributed by atoms with E-state index in [0.29, 0.717) is 6.54 Å². The number of aromatic nitrogens is 2. The van der Waals surface area contributed by atoms with Crippen LogP contribution in [-0.4, -0.2) is 15.5 Å². The maximum Gasteiger partial charge on any atom is 0.264 e. The second kappa shape index (κ2) is 5.20. The Morgan fingerprint density at radius 3 is 2.62 bits per heavy atom. The molecule has 1 aromatic carbocycles. The molecule has 0 bridgehead atoms. The number of nitrogens with two attached hydrogens (primary N) is 1. The van der Waals surface area contributed by atoms with Gasteiger partial charge in [0.25, 0.3) is 11.5 Å². The summed E-state index contributed by atoms with van der Waals surface area (Å²) >= 11 is 0. The number of rotatable bonds is 3. The molecule has 0 unspecified atom stereocenters. The van der Waals surface area contributed by atoms with Crippen molar-refractivity contribution >= 4 is 16.8 Å². The molecule has 0 aliphatic rings. The summed E-state index contributed by atoms with van der Waals surface area (Å²) in [5.41, 5.74) is 6.38. The number of pyridine rings is 2. The van der Waals surface area contributed by atoms with E-state index < -0.39 is 11.5 Å². The van der Waals surface area contributed by atoms with E-state index >= 15 is 0 Å². The summed E-state index contributed by atoms with van der Waals surface area (Å²) in [6.07, 6.45) is 1.67. The normalized spacial score (nSPS) is 10.7. The van der Waals surface area contributed by atoms with Crippen LogP contribution in [0.1, 0.15) is 16.1 Å². The summed E-state index contributed by atoms with van der Waals surface area (Å²) < 4.78 is 1.53. The minimum absolute atomic E-state index is 0.00960. The summed E-state index contributed by atoms with van der Waals surface area (Å²) in [5, 5.41) is 0.793. The van der Waals surface area contributed by atoms with Crippen molar-refractivity contribution in [1.82, 2.24) is 9.55 Å². The molecule has 1 amide bonds. The van der Waals surface area contributed by atoms with Gasteiger partial charge in [-0.1, -0.05) is 24.3 Å². The van der Waals surface area contributed by atoms with Crippen LogP contribution in [0.2, 0.25) is 0 Å². The van der Waals surface area contributed by atoms with Gasteiger partial charge in [0.15, 0.2) is 0 Å². The van der Waals surface area contributed by atoms with E-state index in [2.05, 4.69) is 4.98 Å². The minimum Gasteiger partial charge on any atom is -0.365 e. The Morgan fingerprint density at radius 2 is 1.90 bits per heavy atom. The summed E-state index contributed by atoms with van der Waals surface area (Å²) in [6.45, 7) is 0.293. The Balaban J connectivity index is 2.26. The first kappa shape index (κ1) is 13.1. The molecule has 0 saturated carbocycles. The molecule has 5 nitrogen and oxygen atoms in total. The summed E-state index contributed by atoms with van der Waals surface area (Å²) in [4.78, 5) is 28.1. The number of carbonyl (C=O) groups excluding carboxylic acids is 1. The maximum absolute atomic E-state index is 12.5. The average molecular weight is 279 g/mol. The largest absolute Gasteiger partial charge is 0.365 e. The fraction of sp³-hybridized carbons (Fsp3) is 0.0625. The lowest BCUT2D eigenvalue weighted by Crippen LogP contribution is -2.30. The first-order valence-corrected chi connectivity index (χ1v) is 6.49. The Morgan fingerprint density at radius 1 is 1.14 bits per heavy atom. The molecule has 0 fully saturated rings. The van der Waals surface area contributed by atoms with Crippen LogP contribution in [0, 0.1) is 0 Å². The Labute approximate surface area is 120 Å². The summed E-state index contributed by atoms with van der Waals surface area (Å²) in [5.74, 6) is -0.722. The molecule has 0 aliphatic heterocycles. The highest BCUT2D eigenvalue weighted by Crippen LogP contribution is 2.14.